The van der Waals surface area contributed by atoms with Crippen LogP contribution in [-0.2, 0) is 0 Å². The van der Waals surface area contributed by atoms with Crippen molar-refractivity contribution >= 4 is 5.82 Å². The van der Waals surface area contributed by atoms with Gasteiger partial charge < -0.3 is 10.2 Å². The molecule has 0 bridgehead atoms. The SMILES string of the molecule is Cc1cc(NCC2CCCCN2C)ncn1. The van der Waals surface area contributed by atoms with Gasteiger partial charge in [0.25, 0.3) is 0 Å². The Balaban J connectivity index is 1.86. The molecule has 0 aromatic carbocycles. The van der Waals surface area contributed by atoms with Gasteiger partial charge in [-0.1, -0.05) is 6.42 Å². The summed E-state index contributed by atoms with van der Waals surface area (Å²) in [5.41, 5.74) is 1.01. The molecule has 88 valence electrons. The molecule has 1 aliphatic heterocycles. The van der Waals surface area contributed by atoms with Gasteiger partial charge in [0.15, 0.2) is 0 Å². The molecule has 1 saturated heterocycles. The number of nitrogens with one attached hydrogen (secondary N) is 1. The lowest BCUT2D eigenvalue weighted by atomic mass is 10.0. The van der Waals surface area contributed by atoms with E-state index in [1.807, 2.05) is 13.0 Å². The summed E-state index contributed by atoms with van der Waals surface area (Å²) in [4.78, 5) is 10.7. The summed E-state index contributed by atoms with van der Waals surface area (Å²) in [6, 6.07) is 2.63. The number of likely N-dealkylation sites (N-methyl/N-ethyl adjacent to an activating group) is 1. The molecule has 1 aliphatic rings. The number of nitrogens with zero attached hydrogens (tertiary/aromatic N) is 3. The van der Waals surface area contributed by atoms with E-state index in [0.29, 0.717) is 6.04 Å². The monoisotopic (exact) mass is 220 g/mol. The summed E-state index contributed by atoms with van der Waals surface area (Å²) in [5.74, 6) is 0.937. The Morgan fingerprint density at radius 3 is 3.06 bits per heavy atom. The topological polar surface area (TPSA) is 41.0 Å². The molecule has 1 unspecified atom stereocenters. The van der Waals surface area contributed by atoms with E-state index >= 15 is 0 Å². The number of likely N-dealkylation sites (tertiary alicyclic amines) is 1. The lowest BCUT2D eigenvalue weighted by Crippen LogP contribution is -2.40. The minimum Gasteiger partial charge on any atom is -0.368 e. The molecule has 1 aromatic rings. The highest BCUT2D eigenvalue weighted by Crippen LogP contribution is 2.15. The van der Waals surface area contributed by atoms with Gasteiger partial charge in [-0.25, -0.2) is 9.97 Å². The van der Waals surface area contributed by atoms with E-state index in [1.165, 1.54) is 25.8 Å². The molecule has 1 aromatic heterocycles. The minimum atomic E-state index is 0.643. The van der Waals surface area contributed by atoms with Gasteiger partial charge in [0, 0.05) is 24.3 Å². The van der Waals surface area contributed by atoms with Crippen molar-refractivity contribution in [2.45, 2.75) is 32.2 Å². The molecule has 16 heavy (non-hydrogen) atoms. The van der Waals surface area contributed by atoms with Gasteiger partial charge in [0.2, 0.25) is 0 Å². The Bertz CT molecular complexity index is 340. The first-order chi connectivity index (χ1) is 7.75. The number of anilines is 1. The molecule has 1 fully saturated rings. The normalized spacial score (nSPS) is 22.0. The summed E-state index contributed by atoms with van der Waals surface area (Å²) < 4.78 is 0. The van der Waals surface area contributed by atoms with E-state index in [4.69, 9.17) is 0 Å². The molecule has 4 nitrogen and oxygen atoms in total. The van der Waals surface area contributed by atoms with Crippen molar-refractivity contribution in [3.05, 3.63) is 18.1 Å². The standard InChI is InChI=1S/C12H20N4/c1-10-7-12(15-9-14-10)13-8-11-5-3-4-6-16(11)2/h7,9,11H,3-6,8H2,1-2H3,(H,13,14,15). The molecule has 0 amide bonds. The average molecular weight is 220 g/mol. The van der Waals surface area contributed by atoms with Crippen molar-refractivity contribution in [3.63, 3.8) is 0 Å². The zero-order chi connectivity index (χ0) is 11.4. The van der Waals surface area contributed by atoms with Crippen LogP contribution in [0.5, 0.6) is 0 Å². The Kier molecular flexibility index (Phi) is 3.72. The van der Waals surface area contributed by atoms with Gasteiger partial charge in [-0.05, 0) is 33.4 Å². The van der Waals surface area contributed by atoms with Crippen LogP contribution in [0.15, 0.2) is 12.4 Å². The molecular formula is C12H20N4. The fourth-order valence-electron chi connectivity index (χ4n) is 2.18. The van der Waals surface area contributed by atoms with E-state index in [1.54, 1.807) is 6.33 Å². The lowest BCUT2D eigenvalue weighted by Gasteiger charge is -2.32. The Morgan fingerprint density at radius 2 is 2.31 bits per heavy atom. The third-order valence-corrected chi connectivity index (χ3v) is 3.24. The number of rotatable bonds is 3. The van der Waals surface area contributed by atoms with Crippen molar-refractivity contribution in [1.29, 1.82) is 0 Å². The summed E-state index contributed by atoms with van der Waals surface area (Å²) >= 11 is 0. The second kappa shape index (κ2) is 5.25. The van der Waals surface area contributed by atoms with Crippen molar-refractivity contribution in [2.75, 3.05) is 25.5 Å². The smallest absolute Gasteiger partial charge is 0.129 e. The quantitative estimate of drug-likeness (QED) is 0.841. The molecule has 2 heterocycles. The van der Waals surface area contributed by atoms with Gasteiger partial charge in [0.05, 0.1) is 0 Å². The fraction of sp³-hybridized carbons (Fsp3) is 0.667. The van der Waals surface area contributed by atoms with Crippen LogP contribution in [0.25, 0.3) is 0 Å². The third kappa shape index (κ3) is 2.92. The molecule has 1 atom stereocenters. The van der Waals surface area contributed by atoms with Crippen LogP contribution in [0, 0.1) is 6.92 Å². The number of piperidine rings is 1. The number of hydrogen-bond acceptors (Lipinski definition) is 4. The Morgan fingerprint density at radius 1 is 1.44 bits per heavy atom. The second-order valence-corrected chi connectivity index (χ2v) is 4.56. The van der Waals surface area contributed by atoms with E-state index in [0.717, 1.165) is 18.1 Å². The average Bonchev–Trinajstić information content (AvgIpc) is 2.28. The van der Waals surface area contributed by atoms with Gasteiger partial charge in [-0.2, -0.15) is 0 Å². The molecule has 0 aliphatic carbocycles. The first kappa shape index (κ1) is 11.3. The molecule has 0 spiro atoms. The first-order valence-electron chi connectivity index (χ1n) is 5.98. The Labute approximate surface area is 97.1 Å². The molecule has 0 radical (unpaired) electrons. The second-order valence-electron chi connectivity index (χ2n) is 4.56. The minimum absolute atomic E-state index is 0.643. The van der Waals surface area contributed by atoms with Gasteiger partial charge in [0.1, 0.15) is 12.1 Å². The van der Waals surface area contributed by atoms with Gasteiger partial charge in [-0.15, -0.1) is 0 Å². The molecule has 1 N–H and O–H groups in total. The molecular weight excluding hydrogens is 200 g/mol. The summed E-state index contributed by atoms with van der Waals surface area (Å²) in [7, 11) is 2.21. The van der Waals surface area contributed by atoms with E-state index in [9.17, 15) is 0 Å². The number of aryl methyl sites for hydroxylation is 1. The largest absolute Gasteiger partial charge is 0.368 e. The van der Waals surface area contributed by atoms with Crippen molar-refractivity contribution < 1.29 is 0 Å². The summed E-state index contributed by atoms with van der Waals surface area (Å²) in [6.07, 6.45) is 5.58. The lowest BCUT2D eigenvalue weighted by molar-refractivity contribution is 0.194. The first-order valence-corrected chi connectivity index (χ1v) is 5.98. The number of aromatic nitrogens is 2. The van der Waals surface area contributed by atoms with E-state index in [-0.39, 0.29) is 0 Å². The predicted molar refractivity (Wildman–Crippen MR) is 65.5 cm³/mol. The van der Waals surface area contributed by atoms with Crippen LogP contribution in [0.3, 0.4) is 0 Å². The van der Waals surface area contributed by atoms with Crippen LogP contribution in [0.2, 0.25) is 0 Å². The number of hydrogen-bond donors (Lipinski definition) is 1. The predicted octanol–water partition coefficient (Wildman–Crippen LogP) is 1.68. The van der Waals surface area contributed by atoms with Gasteiger partial charge >= 0.3 is 0 Å². The maximum atomic E-state index is 4.21. The van der Waals surface area contributed by atoms with Crippen LogP contribution in [0.1, 0.15) is 25.0 Å². The molecule has 0 saturated carbocycles. The highest BCUT2D eigenvalue weighted by Gasteiger charge is 2.18. The highest BCUT2D eigenvalue weighted by atomic mass is 15.2. The zero-order valence-corrected chi connectivity index (χ0v) is 10.1. The summed E-state index contributed by atoms with van der Waals surface area (Å²) in [6.45, 7) is 4.18. The van der Waals surface area contributed by atoms with Crippen molar-refractivity contribution in [1.82, 2.24) is 14.9 Å². The molecule has 4 heteroatoms. The maximum Gasteiger partial charge on any atom is 0.129 e. The van der Waals surface area contributed by atoms with Gasteiger partial charge in [-0.3, -0.25) is 0 Å². The van der Waals surface area contributed by atoms with E-state index in [2.05, 4.69) is 27.2 Å². The van der Waals surface area contributed by atoms with Crippen LogP contribution in [-0.4, -0.2) is 41.0 Å². The highest BCUT2D eigenvalue weighted by molar-refractivity contribution is 5.34. The summed E-state index contributed by atoms with van der Waals surface area (Å²) in [5, 5.41) is 3.39. The molecule has 2 rings (SSSR count). The Hall–Kier alpha value is -1.16. The van der Waals surface area contributed by atoms with Crippen molar-refractivity contribution in [3.8, 4) is 0 Å². The van der Waals surface area contributed by atoms with Crippen molar-refractivity contribution in [2.24, 2.45) is 0 Å². The van der Waals surface area contributed by atoms with Crippen LogP contribution >= 0.6 is 0 Å². The fourth-order valence-corrected chi connectivity index (χ4v) is 2.18. The zero-order valence-electron chi connectivity index (χ0n) is 10.1. The van der Waals surface area contributed by atoms with Crippen LogP contribution < -0.4 is 5.32 Å². The third-order valence-electron chi connectivity index (χ3n) is 3.24. The maximum absolute atomic E-state index is 4.21. The van der Waals surface area contributed by atoms with Crippen LogP contribution in [0.4, 0.5) is 5.82 Å². The van der Waals surface area contributed by atoms with E-state index < -0.39 is 0 Å².